The number of nitrogens with zero attached hydrogens (tertiary/aromatic N) is 1. The third-order valence-electron chi connectivity index (χ3n) is 6.60. The fourth-order valence-electron chi connectivity index (χ4n) is 4.21. The van der Waals surface area contributed by atoms with Gasteiger partial charge in [0, 0.05) is 35.0 Å². The van der Waals surface area contributed by atoms with Gasteiger partial charge in [-0.25, -0.2) is 22.4 Å². The summed E-state index contributed by atoms with van der Waals surface area (Å²) in [6, 6.07) is 8.19. The van der Waals surface area contributed by atoms with Crippen LogP contribution in [-0.4, -0.2) is 28.9 Å². The van der Waals surface area contributed by atoms with Gasteiger partial charge in [0.05, 0.1) is 17.9 Å². The summed E-state index contributed by atoms with van der Waals surface area (Å²) in [6.07, 6.45) is 12.5. The van der Waals surface area contributed by atoms with E-state index >= 15 is 0 Å². The number of ether oxygens (including phenoxy) is 1. The van der Waals surface area contributed by atoms with Gasteiger partial charge in [-0.1, -0.05) is 30.9 Å². The Labute approximate surface area is 295 Å². The molecule has 0 saturated heterocycles. The zero-order valence-corrected chi connectivity index (χ0v) is 28.0. The van der Waals surface area contributed by atoms with Crippen LogP contribution in [0, 0.1) is 23.3 Å². The number of carbonyl (C=O) groups excluding carboxylic acids is 4. The molecule has 2 aromatic carbocycles. The molecule has 0 fully saturated rings. The minimum Gasteiger partial charge on any atom is -0.547 e. The molecule has 50 heavy (non-hydrogen) atoms. The first-order valence-corrected chi connectivity index (χ1v) is 13.8. The van der Waals surface area contributed by atoms with Crippen LogP contribution < -0.4 is 30.7 Å². The van der Waals surface area contributed by atoms with Crippen molar-refractivity contribution in [1.82, 2.24) is 15.6 Å². The van der Waals surface area contributed by atoms with E-state index in [0.29, 0.717) is 12.1 Å². The predicted octanol–water partition coefficient (Wildman–Crippen LogP) is 1.09. The third-order valence-corrected chi connectivity index (χ3v) is 6.60. The van der Waals surface area contributed by atoms with Crippen LogP contribution in [-0.2, 0) is 45.6 Å². The Morgan fingerprint density at radius 1 is 0.760 bits per heavy atom. The number of pyridine rings is 1. The zero-order valence-electron chi connectivity index (χ0n) is 25.6. The summed E-state index contributed by atoms with van der Waals surface area (Å²) in [5.74, 6) is -8.79. The number of carbonyl (C=O) groups is 4. The first kappa shape index (κ1) is 40.3. The number of rotatable bonds is 7. The fraction of sp³-hybridized carbons (Fsp3) is 0.0882. The van der Waals surface area contributed by atoms with E-state index in [1.165, 1.54) is 62.0 Å². The number of nitrogens with one attached hydrogen (secondary N) is 2. The van der Waals surface area contributed by atoms with Crippen LogP contribution in [0.15, 0.2) is 116 Å². The number of hydrogen-bond acceptors (Lipinski definition) is 11. The Bertz CT molecular complexity index is 1820. The Morgan fingerprint density at radius 3 is 1.56 bits per heavy atom. The van der Waals surface area contributed by atoms with Gasteiger partial charge in [0.25, 0.3) is 0 Å². The van der Waals surface area contributed by atoms with Crippen molar-refractivity contribution < 1.29 is 76.9 Å². The monoisotopic (exact) mass is 871 g/mol. The first-order chi connectivity index (χ1) is 23.1. The van der Waals surface area contributed by atoms with E-state index in [4.69, 9.17) is 4.74 Å². The number of aromatic carboxylic acids is 1. The summed E-state index contributed by atoms with van der Waals surface area (Å²) >= 11 is 0. The molecule has 0 spiro atoms. The van der Waals surface area contributed by atoms with Crippen LogP contribution in [0.5, 0.6) is 5.75 Å². The van der Waals surface area contributed by atoms with Crippen LogP contribution in [0.4, 0.5) is 17.6 Å². The van der Waals surface area contributed by atoms with Gasteiger partial charge in [-0.2, -0.15) is 0 Å². The molecule has 2 N–H and O–H groups in total. The fourth-order valence-corrected chi connectivity index (χ4v) is 4.21. The molecule has 2 atom stereocenters. The number of aliphatic carboxylic acids is 2. The number of dihydropyridines is 2. The quantitative estimate of drug-likeness (QED) is 0.197. The summed E-state index contributed by atoms with van der Waals surface area (Å²) in [7, 11) is 0. The molecule has 2 unspecified atom stereocenters. The summed E-state index contributed by atoms with van der Waals surface area (Å²) in [5, 5.41) is 38.0. The average Bonchev–Trinajstić information content (AvgIpc) is 3.06. The van der Waals surface area contributed by atoms with Crippen molar-refractivity contribution in [3.8, 4) is 5.75 Å². The molecule has 0 aliphatic carbocycles. The van der Waals surface area contributed by atoms with E-state index in [9.17, 15) is 52.1 Å². The Morgan fingerprint density at radius 2 is 1.22 bits per heavy atom. The second-order valence-corrected chi connectivity index (χ2v) is 9.97. The van der Waals surface area contributed by atoms with Crippen molar-refractivity contribution in [2.45, 2.75) is 18.0 Å². The standard InChI is InChI=1S/2C12H9F2NO2.C10H9NO4.Ir/c2*13-8-3-4-9(10(14)7-8)12(11(16)17)5-1-2-6-15-12;1-6(2)10(14)15-7-4-3-5-11-8(7)9(12)13;/h2*1-7,15H,(H,16,17);3-5H,1H2,2H3,(H,12,13);/q;;;+3/p-3. The van der Waals surface area contributed by atoms with Gasteiger partial charge in [-0.15, -0.1) is 0 Å². The maximum Gasteiger partial charge on any atom is 3.00 e. The molecule has 0 radical (unpaired) electrons. The number of carboxylic acids is 3. The van der Waals surface area contributed by atoms with E-state index in [0.717, 1.165) is 24.3 Å². The smallest absolute Gasteiger partial charge is 0.547 e. The van der Waals surface area contributed by atoms with E-state index in [-0.39, 0.29) is 42.6 Å². The molecule has 3 heterocycles. The van der Waals surface area contributed by atoms with E-state index < -0.39 is 63.9 Å². The topological polar surface area (TPSA) is 184 Å². The van der Waals surface area contributed by atoms with E-state index in [2.05, 4.69) is 22.2 Å². The van der Waals surface area contributed by atoms with Crippen LogP contribution in [0.3, 0.4) is 0 Å². The predicted molar refractivity (Wildman–Crippen MR) is 158 cm³/mol. The summed E-state index contributed by atoms with van der Waals surface area (Å²) < 4.78 is 57.5. The second kappa shape index (κ2) is 17.5. The number of aromatic nitrogens is 1. The molecular weight excluding hydrogens is 847 g/mol. The molecule has 0 amide bonds. The SMILES string of the molecule is C=C(C)C(=O)Oc1cccnc1C(=O)[O-].O=C([O-])C1(c2ccc(F)cc2F)C=CC=CN1.O=C([O-])C1(c2ccc(F)cc2F)C=CC=CN1.[Ir+3]. The van der Waals surface area contributed by atoms with Gasteiger partial charge in [0.15, 0.2) is 5.75 Å². The molecule has 1 aromatic heterocycles. The van der Waals surface area contributed by atoms with E-state index in [1.54, 1.807) is 12.2 Å². The number of esters is 1. The van der Waals surface area contributed by atoms with Gasteiger partial charge in [-0.05, 0) is 67.9 Å². The number of hydrogen-bond donors (Lipinski definition) is 2. The van der Waals surface area contributed by atoms with Crippen molar-refractivity contribution in [3.05, 3.63) is 156 Å². The van der Waals surface area contributed by atoms with Gasteiger partial charge < -0.3 is 45.1 Å². The van der Waals surface area contributed by atoms with Crippen molar-refractivity contribution in [2.75, 3.05) is 0 Å². The van der Waals surface area contributed by atoms with Crippen LogP contribution in [0.25, 0.3) is 0 Å². The molecular formula is C34H24F4IrN3O8. The van der Waals surface area contributed by atoms with Crippen molar-refractivity contribution in [3.63, 3.8) is 0 Å². The van der Waals surface area contributed by atoms with Gasteiger partial charge >= 0.3 is 26.1 Å². The molecule has 2 aliphatic rings. The maximum absolute atomic E-state index is 13.6. The zero-order chi connectivity index (χ0) is 36.4. The van der Waals surface area contributed by atoms with Crippen molar-refractivity contribution in [1.29, 1.82) is 0 Å². The molecule has 11 nitrogen and oxygen atoms in total. The Hall–Kier alpha value is -5.86. The number of halogens is 4. The third kappa shape index (κ3) is 9.39. The van der Waals surface area contributed by atoms with Crippen molar-refractivity contribution in [2.24, 2.45) is 0 Å². The molecule has 2 aliphatic heterocycles. The average molecular weight is 871 g/mol. The summed E-state index contributed by atoms with van der Waals surface area (Å²) in [4.78, 5) is 47.6. The van der Waals surface area contributed by atoms with Gasteiger partial charge in [0.2, 0.25) is 0 Å². The second-order valence-electron chi connectivity index (χ2n) is 9.97. The number of benzene rings is 2. The maximum atomic E-state index is 13.6. The van der Waals surface area contributed by atoms with Crippen LogP contribution in [0.1, 0.15) is 28.5 Å². The summed E-state index contributed by atoms with van der Waals surface area (Å²) in [6.45, 7) is 4.82. The molecule has 260 valence electrons. The Kier molecular flexibility index (Phi) is 14.1. The number of carboxylic acid groups (broad SMARTS) is 3. The van der Waals surface area contributed by atoms with E-state index in [1.807, 2.05) is 0 Å². The van der Waals surface area contributed by atoms with Crippen molar-refractivity contribution >= 4 is 23.9 Å². The Balaban J connectivity index is 0.000000258. The van der Waals surface area contributed by atoms with Crippen LogP contribution in [0.2, 0.25) is 0 Å². The molecule has 16 heteroatoms. The number of allylic oxidation sites excluding steroid dienone is 4. The minimum atomic E-state index is -1.80. The molecule has 0 saturated carbocycles. The minimum absolute atomic E-state index is 0. The molecule has 0 bridgehead atoms. The normalized spacial score (nSPS) is 17.9. The largest absolute Gasteiger partial charge is 3.00 e. The van der Waals surface area contributed by atoms with Gasteiger partial charge in [-0.3, -0.25) is 4.98 Å². The molecule has 5 rings (SSSR count). The van der Waals surface area contributed by atoms with Crippen LogP contribution >= 0.6 is 0 Å². The molecule has 3 aromatic rings. The first-order valence-electron chi connectivity index (χ1n) is 13.8. The van der Waals surface area contributed by atoms with Gasteiger partial charge in [0.1, 0.15) is 40.0 Å². The summed E-state index contributed by atoms with van der Waals surface area (Å²) in [5.41, 5.74) is -4.23.